The molecule has 2 aromatic rings. The predicted octanol–water partition coefficient (Wildman–Crippen LogP) is 4.90. The van der Waals surface area contributed by atoms with Gasteiger partial charge in [-0.3, -0.25) is 9.59 Å². The first-order valence-corrected chi connectivity index (χ1v) is 10.6. The van der Waals surface area contributed by atoms with Crippen LogP contribution in [0.1, 0.15) is 28.8 Å². The molecule has 156 valence electrons. The highest BCUT2D eigenvalue weighted by Gasteiger charge is 2.28. The molecule has 1 fully saturated rings. The lowest BCUT2D eigenvalue weighted by molar-refractivity contribution is -0.127. The maximum atomic E-state index is 12.9. The van der Waals surface area contributed by atoms with Crippen molar-refractivity contribution in [3.05, 3.63) is 63.6 Å². The van der Waals surface area contributed by atoms with Crippen LogP contribution < -0.4 is 9.47 Å². The number of benzene rings is 2. The molecule has 0 aromatic heterocycles. The van der Waals surface area contributed by atoms with Gasteiger partial charge in [-0.05, 0) is 60.9 Å². The first kappa shape index (κ1) is 20.8. The van der Waals surface area contributed by atoms with Crippen molar-refractivity contribution in [1.29, 1.82) is 0 Å². The van der Waals surface area contributed by atoms with Crippen molar-refractivity contribution < 1.29 is 19.1 Å². The van der Waals surface area contributed by atoms with E-state index in [2.05, 4.69) is 0 Å². The Kier molecular flexibility index (Phi) is 6.30. The number of rotatable bonds is 4. The fraction of sp³-hybridized carbons (Fsp3) is 0.304. The molecule has 2 aliphatic heterocycles. The number of carbonyl (C=O) groups excluding carboxylic acids is 2. The molecular formula is C23H21Cl2NO4. The SMILES string of the molecule is O=C(c1ccc2c(c1)OCCO2)C1CCN(C(=O)C=Cc2cc(Cl)cc(Cl)c2)CC1. The van der Waals surface area contributed by atoms with Crippen molar-refractivity contribution in [3.63, 3.8) is 0 Å². The Labute approximate surface area is 185 Å². The molecule has 2 heterocycles. The van der Waals surface area contributed by atoms with Crippen molar-refractivity contribution >= 4 is 41.0 Å². The van der Waals surface area contributed by atoms with Crippen LogP contribution in [0.3, 0.4) is 0 Å². The van der Waals surface area contributed by atoms with E-state index >= 15 is 0 Å². The molecule has 0 spiro atoms. The zero-order chi connectivity index (χ0) is 21.1. The average Bonchev–Trinajstić information content (AvgIpc) is 2.76. The normalized spacial score (nSPS) is 16.7. The van der Waals surface area contributed by atoms with E-state index in [0.29, 0.717) is 66.3 Å². The molecule has 5 nitrogen and oxygen atoms in total. The van der Waals surface area contributed by atoms with Gasteiger partial charge < -0.3 is 14.4 Å². The standard InChI is InChI=1S/C23H21Cl2NO4/c24-18-11-15(12-19(25)14-18)1-4-22(27)26-7-5-16(6-8-26)23(28)17-2-3-20-21(13-17)30-10-9-29-20/h1-4,11-14,16H,5-10H2. The van der Waals surface area contributed by atoms with Gasteiger partial charge in [-0.25, -0.2) is 0 Å². The fourth-order valence-corrected chi connectivity index (χ4v) is 4.28. The summed E-state index contributed by atoms with van der Waals surface area (Å²) in [4.78, 5) is 27.2. The first-order chi connectivity index (χ1) is 14.5. The third-order valence-corrected chi connectivity index (χ3v) is 5.74. The van der Waals surface area contributed by atoms with Crippen molar-refractivity contribution in [3.8, 4) is 11.5 Å². The van der Waals surface area contributed by atoms with Crippen molar-refractivity contribution in [1.82, 2.24) is 4.90 Å². The molecule has 0 atom stereocenters. The zero-order valence-corrected chi connectivity index (χ0v) is 17.8. The Morgan fingerprint density at radius 3 is 2.30 bits per heavy atom. The van der Waals surface area contributed by atoms with Gasteiger partial charge in [0.25, 0.3) is 0 Å². The minimum atomic E-state index is -0.104. The maximum Gasteiger partial charge on any atom is 0.246 e. The number of carbonyl (C=O) groups is 2. The van der Waals surface area contributed by atoms with Crippen LogP contribution in [0.4, 0.5) is 0 Å². The van der Waals surface area contributed by atoms with Gasteiger partial charge in [0.2, 0.25) is 5.91 Å². The third-order valence-electron chi connectivity index (χ3n) is 5.31. The number of Topliss-reactive ketones (excluding diaryl/α,β-unsaturated/α-hetero) is 1. The van der Waals surface area contributed by atoms with Gasteiger partial charge in [-0.2, -0.15) is 0 Å². The molecule has 1 saturated heterocycles. The quantitative estimate of drug-likeness (QED) is 0.495. The van der Waals surface area contributed by atoms with Gasteiger partial charge in [-0.1, -0.05) is 23.2 Å². The summed E-state index contributed by atoms with van der Waals surface area (Å²) in [6, 6.07) is 10.5. The Morgan fingerprint density at radius 2 is 1.60 bits per heavy atom. The number of nitrogens with zero attached hydrogens (tertiary/aromatic N) is 1. The number of amides is 1. The smallest absolute Gasteiger partial charge is 0.246 e. The van der Waals surface area contributed by atoms with Crippen LogP contribution in [-0.2, 0) is 4.79 Å². The van der Waals surface area contributed by atoms with Crippen LogP contribution in [0, 0.1) is 5.92 Å². The molecule has 0 unspecified atom stereocenters. The van der Waals surface area contributed by atoms with Gasteiger partial charge in [0.05, 0.1) is 0 Å². The van der Waals surface area contributed by atoms with Crippen LogP contribution in [0.5, 0.6) is 11.5 Å². The average molecular weight is 446 g/mol. The number of fused-ring (bicyclic) bond motifs is 1. The number of piperidine rings is 1. The van der Waals surface area contributed by atoms with E-state index in [1.54, 1.807) is 47.4 Å². The lowest BCUT2D eigenvalue weighted by Gasteiger charge is -2.30. The van der Waals surface area contributed by atoms with Gasteiger partial charge in [-0.15, -0.1) is 0 Å². The molecule has 1 amide bonds. The van der Waals surface area contributed by atoms with Crippen LogP contribution in [0.15, 0.2) is 42.5 Å². The van der Waals surface area contributed by atoms with Crippen LogP contribution >= 0.6 is 23.2 Å². The summed E-state index contributed by atoms with van der Waals surface area (Å²) in [5.41, 5.74) is 1.39. The third kappa shape index (κ3) is 4.79. The van der Waals surface area contributed by atoms with Gasteiger partial charge in [0.1, 0.15) is 13.2 Å². The maximum absolute atomic E-state index is 12.9. The predicted molar refractivity (Wildman–Crippen MR) is 117 cm³/mol. The zero-order valence-electron chi connectivity index (χ0n) is 16.3. The second-order valence-corrected chi connectivity index (χ2v) is 8.23. The summed E-state index contributed by atoms with van der Waals surface area (Å²) < 4.78 is 11.1. The van der Waals surface area contributed by atoms with E-state index in [1.165, 1.54) is 6.08 Å². The lowest BCUT2D eigenvalue weighted by atomic mass is 9.88. The molecular weight excluding hydrogens is 425 g/mol. The van der Waals surface area contributed by atoms with E-state index < -0.39 is 0 Å². The highest BCUT2D eigenvalue weighted by atomic mass is 35.5. The van der Waals surface area contributed by atoms with Crippen LogP contribution in [0.2, 0.25) is 10.0 Å². The molecule has 0 radical (unpaired) electrons. The monoisotopic (exact) mass is 445 g/mol. The summed E-state index contributed by atoms with van der Waals surface area (Å²) >= 11 is 12.0. The van der Waals surface area contributed by atoms with E-state index in [9.17, 15) is 9.59 Å². The molecule has 0 N–H and O–H groups in total. The Balaban J connectivity index is 1.34. The van der Waals surface area contributed by atoms with Crippen LogP contribution in [0.25, 0.3) is 6.08 Å². The molecule has 4 rings (SSSR count). The molecule has 0 bridgehead atoms. The summed E-state index contributed by atoms with van der Waals surface area (Å²) in [5.74, 6) is 1.18. The molecule has 2 aromatic carbocycles. The summed E-state index contributed by atoms with van der Waals surface area (Å²) in [5, 5.41) is 1.04. The van der Waals surface area contributed by atoms with E-state index in [1.807, 2.05) is 0 Å². The second-order valence-electron chi connectivity index (χ2n) is 7.36. The number of likely N-dealkylation sites (tertiary alicyclic amines) is 1. The molecule has 0 aliphatic carbocycles. The van der Waals surface area contributed by atoms with E-state index in [-0.39, 0.29) is 17.6 Å². The lowest BCUT2D eigenvalue weighted by Crippen LogP contribution is -2.39. The summed E-state index contributed by atoms with van der Waals surface area (Å²) in [6.07, 6.45) is 4.49. The number of halogens is 2. The Bertz CT molecular complexity index is 976. The van der Waals surface area contributed by atoms with Crippen molar-refractivity contribution in [2.45, 2.75) is 12.8 Å². The molecule has 7 heteroatoms. The number of ketones is 1. The van der Waals surface area contributed by atoms with E-state index in [0.717, 1.165) is 5.56 Å². The Hall–Kier alpha value is -2.50. The minimum Gasteiger partial charge on any atom is -0.486 e. The summed E-state index contributed by atoms with van der Waals surface area (Å²) in [7, 11) is 0. The fourth-order valence-electron chi connectivity index (χ4n) is 3.74. The number of hydrogen-bond donors (Lipinski definition) is 0. The summed E-state index contributed by atoms with van der Waals surface area (Å²) in [6.45, 7) is 2.09. The largest absolute Gasteiger partial charge is 0.486 e. The van der Waals surface area contributed by atoms with Gasteiger partial charge in [0, 0.05) is 40.7 Å². The topological polar surface area (TPSA) is 55.8 Å². The highest BCUT2D eigenvalue weighted by molar-refractivity contribution is 6.34. The number of hydrogen-bond acceptors (Lipinski definition) is 4. The Morgan fingerprint density at radius 1 is 0.933 bits per heavy atom. The minimum absolute atomic E-state index is 0.0863. The van der Waals surface area contributed by atoms with Gasteiger partial charge in [0.15, 0.2) is 17.3 Å². The first-order valence-electron chi connectivity index (χ1n) is 9.86. The molecule has 0 saturated carbocycles. The van der Waals surface area contributed by atoms with Crippen LogP contribution in [-0.4, -0.2) is 42.9 Å². The van der Waals surface area contributed by atoms with Crippen molar-refractivity contribution in [2.24, 2.45) is 5.92 Å². The number of ether oxygens (including phenoxy) is 2. The van der Waals surface area contributed by atoms with E-state index in [4.69, 9.17) is 32.7 Å². The second kappa shape index (κ2) is 9.11. The molecule has 2 aliphatic rings. The van der Waals surface area contributed by atoms with Crippen molar-refractivity contribution in [2.75, 3.05) is 26.3 Å². The molecule has 30 heavy (non-hydrogen) atoms. The van der Waals surface area contributed by atoms with Gasteiger partial charge >= 0.3 is 0 Å². The highest BCUT2D eigenvalue weighted by Crippen LogP contribution is 2.32.